The van der Waals surface area contributed by atoms with Crippen LogP contribution < -0.4 is 5.32 Å². The summed E-state index contributed by atoms with van der Waals surface area (Å²) in [4.78, 5) is 25.9. The zero-order valence-electron chi connectivity index (χ0n) is 13.4. The van der Waals surface area contributed by atoms with Gasteiger partial charge < -0.3 is 10.2 Å². The van der Waals surface area contributed by atoms with E-state index in [4.69, 9.17) is 0 Å². The summed E-state index contributed by atoms with van der Waals surface area (Å²) in [5.74, 6) is -0.434. The highest BCUT2D eigenvalue weighted by atomic mass is 16.2. The molecule has 1 atom stereocenters. The van der Waals surface area contributed by atoms with Gasteiger partial charge in [-0.2, -0.15) is 0 Å². The minimum absolute atomic E-state index is 0.0677. The van der Waals surface area contributed by atoms with Crippen LogP contribution in [0.2, 0.25) is 0 Å². The van der Waals surface area contributed by atoms with E-state index in [2.05, 4.69) is 15.6 Å². The van der Waals surface area contributed by atoms with Crippen LogP contribution in [0.5, 0.6) is 0 Å². The molecule has 23 heavy (non-hydrogen) atoms. The van der Waals surface area contributed by atoms with Crippen molar-refractivity contribution >= 4 is 11.8 Å². The van der Waals surface area contributed by atoms with Crippen molar-refractivity contribution < 1.29 is 9.59 Å². The highest BCUT2D eigenvalue weighted by Crippen LogP contribution is 2.14. The molecule has 0 bridgehead atoms. The molecular formula is C16H19N5O2. The fourth-order valence-electron chi connectivity index (χ4n) is 2.65. The van der Waals surface area contributed by atoms with Gasteiger partial charge in [0.05, 0.1) is 11.4 Å². The molecule has 1 unspecified atom stereocenters. The Hall–Kier alpha value is -2.70. The van der Waals surface area contributed by atoms with E-state index < -0.39 is 6.04 Å². The molecule has 1 aromatic carbocycles. The summed E-state index contributed by atoms with van der Waals surface area (Å²) in [5.41, 5.74) is 2.88. The summed E-state index contributed by atoms with van der Waals surface area (Å²) in [6.07, 6.45) is 0.617. The third-order valence-corrected chi connectivity index (χ3v) is 4.12. The Kier molecular flexibility index (Phi) is 3.85. The molecule has 0 spiro atoms. The summed E-state index contributed by atoms with van der Waals surface area (Å²) in [7, 11) is 1.73. The standard InChI is InChI=1S/C16H19N5O2/c1-10-4-6-12(7-5-10)21-11(2)14(18-19-21)15(22)17-13-8-9-20(3)16(13)23/h4-7,13H,8-9H2,1-3H3,(H,17,22). The quantitative estimate of drug-likeness (QED) is 0.911. The lowest BCUT2D eigenvalue weighted by molar-refractivity contribution is -0.128. The number of aromatic nitrogens is 3. The largest absolute Gasteiger partial charge is 0.344 e. The van der Waals surface area contributed by atoms with E-state index in [9.17, 15) is 9.59 Å². The maximum atomic E-state index is 12.4. The second kappa shape index (κ2) is 5.83. The monoisotopic (exact) mass is 313 g/mol. The summed E-state index contributed by atoms with van der Waals surface area (Å²) in [5, 5.41) is 10.8. The molecule has 0 aliphatic carbocycles. The van der Waals surface area contributed by atoms with E-state index in [1.807, 2.05) is 31.2 Å². The van der Waals surface area contributed by atoms with Crippen molar-refractivity contribution in [2.45, 2.75) is 26.3 Å². The third kappa shape index (κ3) is 2.81. The van der Waals surface area contributed by atoms with Gasteiger partial charge in [-0.1, -0.05) is 22.9 Å². The van der Waals surface area contributed by atoms with Crippen LogP contribution in [0.1, 0.15) is 28.2 Å². The number of benzene rings is 1. The number of hydrogen-bond acceptors (Lipinski definition) is 4. The fourth-order valence-corrected chi connectivity index (χ4v) is 2.65. The third-order valence-electron chi connectivity index (χ3n) is 4.12. The Labute approximate surface area is 134 Å². The van der Waals surface area contributed by atoms with Crippen LogP contribution in [0.25, 0.3) is 5.69 Å². The molecule has 1 saturated heterocycles. The van der Waals surface area contributed by atoms with Gasteiger partial charge in [0.25, 0.3) is 5.91 Å². The summed E-state index contributed by atoms with van der Waals surface area (Å²) in [6, 6.07) is 7.32. The molecule has 1 N–H and O–H groups in total. The van der Waals surface area contributed by atoms with Crippen molar-refractivity contribution in [1.29, 1.82) is 0 Å². The number of aryl methyl sites for hydroxylation is 1. The molecule has 1 fully saturated rings. The fraction of sp³-hybridized carbons (Fsp3) is 0.375. The molecule has 7 nitrogen and oxygen atoms in total. The Morgan fingerprint density at radius 2 is 1.96 bits per heavy atom. The smallest absolute Gasteiger partial charge is 0.274 e. The molecule has 7 heteroatoms. The molecule has 0 saturated carbocycles. The lowest BCUT2D eigenvalue weighted by atomic mass is 10.2. The van der Waals surface area contributed by atoms with E-state index >= 15 is 0 Å². The number of carbonyl (C=O) groups is 2. The van der Waals surface area contributed by atoms with E-state index in [0.717, 1.165) is 11.3 Å². The average Bonchev–Trinajstić information content (AvgIpc) is 3.06. The van der Waals surface area contributed by atoms with Crippen molar-refractivity contribution in [2.24, 2.45) is 0 Å². The van der Waals surface area contributed by atoms with Gasteiger partial charge in [0.15, 0.2) is 5.69 Å². The van der Waals surface area contributed by atoms with Crippen molar-refractivity contribution in [1.82, 2.24) is 25.2 Å². The lowest BCUT2D eigenvalue weighted by Gasteiger charge is -2.11. The molecule has 0 radical (unpaired) electrons. The van der Waals surface area contributed by atoms with Gasteiger partial charge >= 0.3 is 0 Å². The molecule has 1 aliphatic rings. The Morgan fingerprint density at radius 1 is 1.26 bits per heavy atom. The van der Waals surface area contributed by atoms with Crippen LogP contribution in [0, 0.1) is 13.8 Å². The average molecular weight is 313 g/mol. The van der Waals surface area contributed by atoms with Crippen LogP contribution in [-0.4, -0.2) is 51.3 Å². The Morgan fingerprint density at radius 3 is 2.57 bits per heavy atom. The summed E-state index contributed by atoms with van der Waals surface area (Å²) in [6.45, 7) is 4.45. The molecule has 1 aliphatic heterocycles. The highest BCUT2D eigenvalue weighted by Gasteiger charge is 2.31. The number of nitrogens with one attached hydrogen (secondary N) is 1. The van der Waals surface area contributed by atoms with Gasteiger partial charge in [0, 0.05) is 13.6 Å². The second-order valence-electron chi connectivity index (χ2n) is 5.85. The highest BCUT2D eigenvalue weighted by molar-refractivity contribution is 5.97. The Balaban J connectivity index is 1.80. The summed E-state index contributed by atoms with van der Waals surface area (Å²) < 4.78 is 1.62. The summed E-state index contributed by atoms with van der Waals surface area (Å²) >= 11 is 0. The van der Waals surface area contributed by atoms with Crippen LogP contribution in [0.15, 0.2) is 24.3 Å². The lowest BCUT2D eigenvalue weighted by Crippen LogP contribution is -2.40. The number of carbonyl (C=O) groups excluding carboxylic acids is 2. The van der Waals surface area contributed by atoms with E-state index in [0.29, 0.717) is 18.7 Å². The van der Waals surface area contributed by atoms with Crippen LogP contribution in [0.3, 0.4) is 0 Å². The van der Waals surface area contributed by atoms with Crippen LogP contribution in [0.4, 0.5) is 0 Å². The normalized spacial score (nSPS) is 17.6. The molecular weight excluding hydrogens is 294 g/mol. The van der Waals surface area contributed by atoms with Crippen molar-refractivity contribution in [2.75, 3.05) is 13.6 Å². The first kappa shape index (κ1) is 15.2. The minimum Gasteiger partial charge on any atom is -0.344 e. The maximum absolute atomic E-state index is 12.4. The first-order valence-electron chi connectivity index (χ1n) is 7.52. The van der Waals surface area contributed by atoms with E-state index in [-0.39, 0.29) is 17.5 Å². The predicted molar refractivity (Wildman–Crippen MR) is 84.3 cm³/mol. The molecule has 2 heterocycles. The van der Waals surface area contributed by atoms with Gasteiger partial charge in [-0.3, -0.25) is 9.59 Å². The van der Waals surface area contributed by atoms with Gasteiger partial charge in [-0.25, -0.2) is 4.68 Å². The second-order valence-corrected chi connectivity index (χ2v) is 5.85. The van der Waals surface area contributed by atoms with Gasteiger partial charge in [0.1, 0.15) is 6.04 Å². The van der Waals surface area contributed by atoms with Crippen LogP contribution >= 0.6 is 0 Å². The van der Waals surface area contributed by atoms with E-state index in [1.54, 1.807) is 23.6 Å². The molecule has 3 rings (SSSR count). The van der Waals surface area contributed by atoms with Gasteiger partial charge in [-0.15, -0.1) is 5.10 Å². The molecule has 2 aromatic rings. The molecule has 2 amide bonds. The number of likely N-dealkylation sites (N-methyl/N-ethyl adjacent to an activating group) is 1. The number of hydrogen-bond donors (Lipinski definition) is 1. The Bertz CT molecular complexity index is 750. The zero-order chi connectivity index (χ0) is 16.6. The van der Waals surface area contributed by atoms with Gasteiger partial charge in [-0.05, 0) is 32.4 Å². The number of nitrogens with zero attached hydrogens (tertiary/aromatic N) is 4. The predicted octanol–water partition coefficient (Wildman–Crippen LogP) is 0.845. The zero-order valence-corrected chi connectivity index (χ0v) is 13.4. The number of amides is 2. The van der Waals surface area contributed by atoms with Crippen LogP contribution in [-0.2, 0) is 4.79 Å². The molecule has 120 valence electrons. The van der Waals surface area contributed by atoms with Crippen molar-refractivity contribution in [3.63, 3.8) is 0 Å². The maximum Gasteiger partial charge on any atom is 0.274 e. The first-order chi connectivity index (χ1) is 11.0. The topological polar surface area (TPSA) is 80.1 Å². The SMILES string of the molecule is Cc1ccc(-n2nnc(C(=O)NC3CCN(C)C3=O)c2C)cc1. The van der Waals surface area contributed by atoms with Gasteiger partial charge in [0.2, 0.25) is 5.91 Å². The first-order valence-corrected chi connectivity index (χ1v) is 7.52. The van der Waals surface area contributed by atoms with Crippen molar-refractivity contribution in [3.05, 3.63) is 41.2 Å². The van der Waals surface area contributed by atoms with Crippen molar-refractivity contribution in [3.8, 4) is 5.69 Å². The van der Waals surface area contributed by atoms with E-state index in [1.165, 1.54) is 0 Å². The minimum atomic E-state index is -0.476. The number of rotatable bonds is 3. The number of likely N-dealkylation sites (tertiary alicyclic amines) is 1. The molecule has 1 aromatic heterocycles.